The van der Waals surface area contributed by atoms with Crippen LogP contribution in [0.1, 0.15) is 0 Å². The monoisotopic (exact) mass is 248 g/mol. The van der Waals surface area contributed by atoms with Crippen molar-refractivity contribution in [2.24, 2.45) is 5.73 Å². The van der Waals surface area contributed by atoms with E-state index in [1.54, 1.807) is 6.07 Å². The molecule has 0 saturated heterocycles. The number of nitriles is 1. The van der Waals surface area contributed by atoms with Gasteiger partial charge in [0.25, 0.3) is 5.69 Å². The molecule has 1 aromatic rings. The number of nitro groups is 1. The Labute approximate surface area is 102 Å². The Morgan fingerprint density at radius 1 is 1.65 bits per heavy atom. The van der Waals surface area contributed by atoms with E-state index in [-0.39, 0.29) is 16.2 Å². The number of nitro benzene ring substituents is 1. The van der Waals surface area contributed by atoms with Crippen LogP contribution in [0, 0.1) is 21.4 Å². The first-order valence-corrected chi connectivity index (χ1v) is 4.86. The minimum atomic E-state index is -0.506. The van der Waals surface area contributed by atoms with Crippen LogP contribution < -0.4 is 11.1 Å². The topological polar surface area (TPSA) is 105 Å². The summed E-state index contributed by atoms with van der Waals surface area (Å²) >= 11 is 4.64. The van der Waals surface area contributed by atoms with E-state index in [9.17, 15) is 10.1 Å². The van der Waals surface area contributed by atoms with Gasteiger partial charge in [0.2, 0.25) is 0 Å². The van der Waals surface area contributed by atoms with Crippen LogP contribution in [-0.2, 0) is 0 Å². The van der Waals surface area contributed by atoms with E-state index in [4.69, 9.17) is 11.0 Å². The average molecular weight is 248 g/mol. The summed E-state index contributed by atoms with van der Waals surface area (Å²) in [7, 11) is 0. The van der Waals surface area contributed by atoms with Gasteiger partial charge in [-0.1, -0.05) is 18.3 Å². The third-order valence-corrected chi connectivity index (χ3v) is 2.05. The fourth-order valence-electron chi connectivity index (χ4n) is 1.02. The van der Waals surface area contributed by atoms with Gasteiger partial charge in [0.05, 0.1) is 4.92 Å². The van der Waals surface area contributed by atoms with E-state index in [2.05, 4.69) is 17.5 Å². The zero-order valence-corrected chi connectivity index (χ0v) is 9.40. The van der Waals surface area contributed by atoms with E-state index in [1.165, 1.54) is 24.4 Å². The Bertz CT molecular complexity index is 533. The molecule has 1 rings (SSSR count). The molecular weight excluding hydrogens is 240 g/mol. The Morgan fingerprint density at radius 2 is 2.35 bits per heavy atom. The van der Waals surface area contributed by atoms with Crippen molar-refractivity contribution in [3.05, 3.63) is 46.2 Å². The largest absolute Gasteiger partial charge is 0.389 e. The van der Waals surface area contributed by atoms with Gasteiger partial charge in [-0.2, -0.15) is 5.26 Å². The highest BCUT2D eigenvalue weighted by atomic mass is 32.1. The van der Waals surface area contributed by atoms with Gasteiger partial charge in [-0.05, 0) is 6.07 Å². The molecule has 1 aromatic carbocycles. The van der Waals surface area contributed by atoms with Gasteiger partial charge in [-0.15, -0.1) is 0 Å². The lowest BCUT2D eigenvalue weighted by molar-refractivity contribution is -0.384. The van der Waals surface area contributed by atoms with Crippen LogP contribution in [0.25, 0.3) is 0 Å². The van der Waals surface area contributed by atoms with Gasteiger partial charge in [0.1, 0.15) is 16.6 Å². The van der Waals surface area contributed by atoms with Crippen molar-refractivity contribution in [3.8, 4) is 6.07 Å². The molecule has 0 radical (unpaired) electrons. The number of nitrogens with two attached hydrogens (primary N) is 1. The number of anilines is 1. The third kappa shape index (κ3) is 3.55. The second-order valence-corrected chi connectivity index (χ2v) is 3.43. The fraction of sp³-hybridized carbons (Fsp3) is 0. The van der Waals surface area contributed by atoms with Gasteiger partial charge >= 0.3 is 0 Å². The van der Waals surface area contributed by atoms with Crippen LogP contribution in [0.15, 0.2) is 36.0 Å². The first kappa shape index (κ1) is 12.6. The number of hydrogen-bond acceptors (Lipinski definition) is 5. The van der Waals surface area contributed by atoms with Crippen molar-refractivity contribution in [2.75, 3.05) is 5.32 Å². The predicted octanol–water partition coefficient (Wildman–Crippen LogP) is 1.70. The summed E-state index contributed by atoms with van der Waals surface area (Å²) in [6.45, 7) is 0. The molecule has 0 aliphatic carbocycles. The number of non-ortho nitro benzene ring substituents is 1. The number of nitrogens with zero attached hydrogens (tertiary/aromatic N) is 2. The van der Waals surface area contributed by atoms with Crippen molar-refractivity contribution in [1.29, 1.82) is 5.26 Å². The number of thiocarbonyl (C=S) groups is 1. The summed E-state index contributed by atoms with van der Waals surface area (Å²) in [4.78, 5) is 9.98. The highest BCUT2D eigenvalue weighted by molar-refractivity contribution is 7.80. The van der Waals surface area contributed by atoms with Crippen molar-refractivity contribution in [1.82, 2.24) is 0 Å². The molecule has 0 saturated carbocycles. The maximum absolute atomic E-state index is 10.5. The van der Waals surface area contributed by atoms with Gasteiger partial charge in [-0.25, -0.2) is 0 Å². The van der Waals surface area contributed by atoms with Crippen LogP contribution in [-0.4, -0.2) is 9.91 Å². The molecule has 7 heteroatoms. The molecule has 0 spiro atoms. The van der Waals surface area contributed by atoms with Gasteiger partial charge < -0.3 is 11.1 Å². The molecule has 3 N–H and O–H groups in total. The minimum absolute atomic E-state index is 0.0366. The first-order chi connectivity index (χ1) is 8.04. The normalized spacial score (nSPS) is 10.4. The molecule has 0 bridgehead atoms. The Balaban J connectivity index is 2.90. The zero-order valence-electron chi connectivity index (χ0n) is 8.58. The molecule has 0 aliphatic heterocycles. The van der Waals surface area contributed by atoms with E-state index in [1.807, 2.05) is 6.07 Å². The lowest BCUT2D eigenvalue weighted by atomic mass is 10.2. The Morgan fingerprint density at radius 3 is 2.88 bits per heavy atom. The van der Waals surface area contributed by atoms with Crippen molar-refractivity contribution in [3.63, 3.8) is 0 Å². The summed E-state index contributed by atoms with van der Waals surface area (Å²) < 4.78 is 0. The second kappa shape index (κ2) is 5.58. The lowest BCUT2D eigenvalue weighted by Crippen LogP contribution is -2.11. The van der Waals surface area contributed by atoms with Crippen molar-refractivity contribution in [2.45, 2.75) is 0 Å². The first-order valence-electron chi connectivity index (χ1n) is 4.45. The van der Waals surface area contributed by atoms with E-state index < -0.39 is 4.92 Å². The van der Waals surface area contributed by atoms with Gasteiger partial charge in [0.15, 0.2) is 0 Å². The number of rotatable bonds is 4. The standard InChI is InChI=1S/C10H8N4O2S/c11-5-7(10(12)17)6-13-8-2-1-3-9(4-8)14(15)16/h1-4,6,13H,(H2,12,17). The third-order valence-electron chi connectivity index (χ3n) is 1.83. The quantitative estimate of drug-likeness (QED) is 0.276. The van der Waals surface area contributed by atoms with Crippen LogP contribution in [0.5, 0.6) is 0 Å². The Hall–Kier alpha value is -2.46. The van der Waals surface area contributed by atoms with Crippen LogP contribution >= 0.6 is 12.2 Å². The van der Waals surface area contributed by atoms with E-state index in [0.717, 1.165) is 0 Å². The summed E-state index contributed by atoms with van der Waals surface area (Å²) in [5.74, 6) is 0. The van der Waals surface area contributed by atoms with Crippen molar-refractivity contribution < 1.29 is 4.92 Å². The molecule has 0 amide bonds. The predicted molar refractivity (Wildman–Crippen MR) is 67.2 cm³/mol. The molecule has 0 aromatic heterocycles. The number of nitrogens with one attached hydrogen (secondary N) is 1. The Kier molecular flexibility index (Phi) is 4.14. The summed E-state index contributed by atoms with van der Waals surface area (Å²) in [6.07, 6.45) is 1.31. The minimum Gasteiger partial charge on any atom is -0.389 e. The van der Waals surface area contributed by atoms with Crippen molar-refractivity contribution >= 4 is 28.6 Å². The second-order valence-electron chi connectivity index (χ2n) is 2.99. The zero-order chi connectivity index (χ0) is 12.8. The smallest absolute Gasteiger partial charge is 0.271 e. The maximum Gasteiger partial charge on any atom is 0.271 e. The number of hydrogen-bond donors (Lipinski definition) is 2. The summed E-state index contributed by atoms with van der Waals surface area (Å²) in [5, 5.41) is 21.9. The molecule has 0 heterocycles. The molecular formula is C10H8N4O2S. The fourth-order valence-corrected chi connectivity index (χ4v) is 1.13. The van der Waals surface area contributed by atoms with Crippen LogP contribution in [0.3, 0.4) is 0 Å². The molecule has 0 aliphatic rings. The number of benzene rings is 1. The molecule has 86 valence electrons. The SMILES string of the molecule is N#CC(=CNc1cccc([N+](=O)[O-])c1)C(N)=S. The molecule has 17 heavy (non-hydrogen) atoms. The molecule has 6 nitrogen and oxygen atoms in total. The maximum atomic E-state index is 10.5. The summed E-state index contributed by atoms with van der Waals surface area (Å²) in [6, 6.07) is 7.67. The summed E-state index contributed by atoms with van der Waals surface area (Å²) in [5.41, 5.74) is 5.82. The average Bonchev–Trinajstić information content (AvgIpc) is 2.29. The molecule has 0 fully saturated rings. The molecule has 0 unspecified atom stereocenters. The van der Waals surface area contributed by atoms with Crippen LogP contribution in [0.2, 0.25) is 0 Å². The van der Waals surface area contributed by atoms with Crippen LogP contribution in [0.4, 0.5) is 11.4 Å². The molecule has 0 atom stereocenters. The highest BCUT2D eigenvalue weighted by Gasteiger charge is 2.05. The van der Waals surface area contributed by atoms with Gasteiger partial charge in [0, 0.05) is 24.0 Å². The highest BCUT2D eigenvalue weighted by Crippen LogP contribution is 2.17. The van der Waals surface area contributed by atoms with Gasteiger partial charge in [-0.3, -0.25) is 10.1 Å². The van der Waals surface area contributed by atoms with E-state index in [0.29, 0.717) is 5.69 Å². The lowest BCUT2D eigenvalue weighted by Gasteiger charge is -2.01. The van der Waals surface area contributed by atoms with E-state index >= 15 is 0 Å².